The maximum atomic E-state index is 13.0. The molecule has 1 aliphatic carbocycles. The molecule has 0 bridgehead atoms. The van der Waals surface area contributed by atoms with Gasteiger partial charge in [-0.3, -0.25) is 14.9 Å². The van der Waals surface area contributed by atoms with Crippen LogP contribution in [0.3, 0.4) is 0 Å². The van der Waals surface area contributed by atoms with Crippen LogP contribution in [0.2, 0.25) is 0 Å². The highest BCUT2D eigenvalue weighted by molar-refractivity contribution is 7.80. The van der Waals surface area contributed by atoms with Crippen molar-refractivity contribution in [2.75, 3.05) is 11.9 Å². The summed E-state index contributed by atoms with van der Waals surface area (Å²) in [6.45, 7) is 0.445. The zero-order valence-corrected chi connectivity index (χ0v) is 21.0. The molecule has 0 aliphatic heterocycles. The van der Waals surface area contributed by atoms with E-state index in [4.69, 9.17) is 17.0 Å². The second kappa shape index (κ2) is 12.8. The van der Waals surface area contributed by atoms with Gasteiger partial charge in [0.05, 0.1) is 23.4 Å². The Morgan fingerprint density at radius 2 is 1.47 bits per heavy atom. The van der Waals surface area contributed by atoms with Crippen molar-refractivity contribution in [2.45, 2.75) is 44.6 Å². The number of anilines is 1. The Balaban J connectivity index is 1.35. The standard InChI is InChI=1S/C29H31N3O3S/c33-27(30-22-13-5-2-6-14-22)23-15-7-9-17-25(23)31-29(36)32-28(34)24-16-8-10-18-26(24)35-20-19-21-11-3-1-4-12-21/h1,3-4,7-12,15-18,22H,2,5-6,13-14,19-20H2,(H,30,33)(H2,31,32,34,36). The number of para-hydroxylation sites is 2. The van der Waals surface area contributed by atoms with Gasteiger partial charge in [-0.25, -0.2) is 0 Å². The van der Waals surface area contributed by atoms with Crippen LogP contribution in [0.4, 0.5) is 5.69 Å². The largest absolute Gasteiger partial charge is 0.492 e. The van der Waals surface area contributed by atoms with E-state index < -0.39 is 0 Å². The third-order valence-electron chi connectivity index (χ3n) is 6.21. The summed E-state index contributed by atoms with van der Waals surface area (Å²) in [6, 6.07) is 24.5. The van der Waals surface area contributed by atoms with Gasteiger partial charge in [0.2, 0.25) is 0 Å². The van der Waals surface area contributed by atoms with Crippen molar-refractivity contribution in [1.82, 2.24) is 10.6 Å². The van der Waals surface area contributed by atoms with E-state index in [1.54, 1.807) is 30.3 Å². The molecule has 1 aliphatic rings. The number of amides is 2. The summed E-state index contributed by atoms with van der Waals surface area (Å²) in [6.07, 6.45) is 6.23. The lowest BCUT2D eigenvalue weighted by Crippen LogP contribution is -2.37. The Labute approximate surface area is 217 Å². The first-order valence-electron chi connectivity index (χ1n) is 12.4. The lowest BCUT2D eigenvalue weighted by molar-refractivity contribution is 0.0927. The Morgan fingerprint density at radius 3 is 2.25 bits per heavy atom. The number of carbonyl (C=O) groups excluding carboxylic acids is 2. The number of nitrogens with one attached hydrogen (secondary N) is 3. The van der Waals surface area contributed by atoms with Gasteiger partial charge >= 0.3 is 0 Å². The molecule has 7 heteroatoms. The Hall–Kier alpha value is -3.71. The number of hydrogen-bond donors (Lipinski definition) is 3. The van der Waals surface area contributed by atoms with Gasteiger partial charge in [0, 0.05) is 12.5 Å². The molecule has 0 radical (unpaired) electrons. The summed E-state index contributed by atoms with van der Waals surface area (Å²) in [5, 5.41) is 8.96. The maximum Gasteiger partial charge on any atom is 0.261 e. The van der Waals surface area contributed by atoms with Crippen molar-refractivity contribution in [1.29, 1.82) is 0 Å². The molecule has 0 heterocycles. The van der Waals surface area contributed by atoms with Gasteiger partial charge in [0.15, 0.2) is 5.11 Å². The first-order chi connectivity index (χ1) is 17.6. The van der Waals surface area contributed by atoms with Crippen LogP contribution >= 0.6 is 12.2 Å². The molecular formula is C29H31N3O3S. The van der Waals surface area contributed by atoms with Gasteiger partial charge in [-0.1, -0.05) is 73.9 Å². The van der Waals surface area contributed by atoms with Crippen molar-refractivity contribution in [2.24, 2.45) is 0 Å². The number of carbonyl (C=O) groups is 2. The quantitative estimate of drug-likeness (QED) is 0.355. The molecule has 1 fully saturated rings. The molecule has 186 valence electrons. The smallest absolute Gasteiger partial charge is 0.261 e. The van der Waals surface area contributed by atoms with Crippen LogP contribution in [-0.2, 0) is 6.42 Å². The van der Waals surface area contributed by atoms with Crippen molar-refractivity contribution in [3.63, 3.8) is 0 Å². The Bertz CT molecular complexity index is 1190. The summed E-state index contributed by atoms with van der Waals surface area (Å²) in [5.74, 6) is -0.0378. The zero-order chi connectivity index (χ0) is 25.2. The SMILES string of the molecule is O=C(NC1CCCCC1)c1ccccc1NC(=S)NC(=O)c1ccccc1OCCc1ccccc1. The predicted molar refractivity (Wildman–Crippen MR) is 147 cm³/mol. The summed E-state index contributed by atoms with van der Waals surface area (Å²) in [7, 11) is 0. The van der Waals surface area contributed by atoms with E-state index >= 15 is 0 Å². The fourth-order valence-corrected chi connectivity index (χ4v) is 4.53. The molecule has 6 nitrogen and oxygen atoms in total. The lowest BCUT2D eigenvalue weighted by atomic mass is 9.95. The van der Waals surface area contributed by atoms with Crippen LogP contribution in [0.15, 0.2) is 78.9 Å². The number of rotatable bonds is 8. The van der Waals surface area contributed by atoms with Gasteiger partial charge in [0.25, 0.3) is 11.8 Å². The molecule has 3 N–H and O–H groups in total. The second-order valence-electron chi connectivity index (χ2n) is 8.84. The summed E-state index contributed by atoms with van der Waals surface area (Å²) < 4.78 is 5.91. The molecule has 3 aromatic carbocycles. The third kappa shape index (κ3) is 7.15. The highest BCUT2D eigenvalue weighted by Gasteiger charge is 2.19. The molecular weight excluding hydrogens is 470 g/mol. The molecule has 0 aromatic heterocycles. The van der Waals surface area contributed by atoms with Gasteiger partial charge < -0.3 is 15.4 Å². The van der Waals surface area contributed by atoms with E-state index in [-0.39, 0.29) is 23.0 Å². The van der Waals surface area contributed by atoms with E-state index in [0.717, 1.165) is 37.7 Å². The van der Waals surface area contributed by atoms with Crippen LogP contribution in [0.25, 0.3) is 0 Å². The van der Waals surface area contributed by atoms with Crippen molar-refractivity contribution in [3.8, 4) is 5.75 Å². The van der Waals surface area contributed by atoms with Gasteiger partial charge in [-0.15, -0.1) is 0 Å². The van der Waals surface area contributed by atoms with Crippen LogP contribution in [0.5, 0.6) is 5.75 Å². The highest BCUT2D eigenvalue weighted by atomic mass is 32.1. The summed E-state index contributed by atoms with van der Waals surface area (Å²) in [5.41, 5.74) is 2.59. The predicted octanol–water partition coefficient (Wildman–Crippen LogP) is 5.50. The normalized spacial score (nSPS) is 13.4. The van der Waals surface area contributed by atoms with Crippen molar-refractivity contribution >= 4 is 34.8 Å². The van der Waals surface area contributed by atoms with Crippen LogP contribution in [0.1, 0.15) is 58.4 Å². The lowest BCUT2D eigenvalue weighted by Gasteiger charge is -2.23. The van der Waals surface area contributed by atoms with Crippen molar-refractivity contribution < 1.29 is 14.3 Å². The molecule has 1 saturated carbocycles. The minimum absolute atomic E-state index is 0.108. The molecule has 0 spiro atoms. The highest BCUT2D eigenvalue weighted by Crippen LogP contribution is 2.21. The molecule has 2 amide bonds. The number of hydrogen-bond acceptors (Lipinski definition) is 4. The maximum absolute atomic E-state index is 13.0. The number of ether oxygens (including phenoxy) is 1. The monoisotopic (exact) mass is 501 g/mol. The Kier molecular flexibility index (Phi) is 9.05. The van der Waals surface area contributed by atoms with Gasteiger partial charge in [-0.05, 0) is 54.9 Å². The fraction of sp³-hybridized carbons (Fsp3) is 0.276. The van der Waals surface area contributed by atoms with Crippen LogP contribution < -0.4 is 20.7 Å². The topological polar surface area (TPSA) is 79.5 Å². The summed E-state index contributed by atoms with van der Waals surface area (Å²) in [4.78, 5) is 25.9. The minimum Gasteiger partial charge on any atom is -0.492 e. The first kappa shape index (κ1) is 25.4. The van der Waals surface area contributed by atoms with Gasteiger partial charge in [-0.2, -0.15) is 0 Å². The number of benzene rings is 3. The van der Waals surface area contributed by atoms with Crippen molar-refractivity contribution in [3.05, 3.63) is 95.6 Å². The van der Waals surface area contributed by atoms with Crippen LogP contribution in [0, 0.1) is 0 Å². The second-order valence-corrected chi connectivity index (χ2v) is 9.25. The van der Waals surface area contributed by atoms with Gasteiger partial charge in [0.1, 0.15) is 5.75 Å². The van der Waals surface area contributed by atoms with E-state index in [0.29, 0.717) is 29.2 Å². The summed E-state index contributed by atoms with van der Waals surface area (Å²) >= 11 is 5.40. The molecule has 0 saturated heterocycles. The Morgan fingerprint density at radius 1 is 0.806 bits per heavy atom. The van der Waals surface area contributed by atoms with E-state index in [1.807, 2.05) is 48.5 Å². The van der Waals surface area contributed by atoms with E-state index in [9.17, 15) is 9.59 Å². The molecule has 0 unspecified atom stereocenters. The minimum atomic E-state index is -0.382. The average Bonchev–Trinajstić information content (AvgIpc) is 2.90. The third-order valence-corrected chi connectivity index (χ3v) is 6.41. The molecule has 4 rings (SSSR count). The fourth-order valence-electron chi connectivity index (χ4n) is 4.33. The molecule has 3 aromatic rings. The average molecular weight is 502 g/mol. The molecule has 36 heavy (non-hydrogen) atoms. The van der Waals surface area contributed by atoms with E-state index in [1.165, 1.54) is 6.42 Å². The zero-order valence-electron chi connectivity index (χ0n) is 20.2. The first-order valence-corrected chi connectivity index (χ1v) is 12.8. The van der Waals surface area contributed by atoms with E-state index in [2.05, 4.69) is 16.0 Å². The molecule has 0 atom stereocenters. The van der Waals surface area contributed by atoms with Crippen LogP contribution in [-0.4, -0.2) is 29.6 Å². The number of thiocarbonyl (C=S) groups is 1.